The second kappa shape index (κ2) is 10.7. The number of allylic oxidation sites excluding steroid dienone is 3. The van der Waals surface area contributed by atoms with Crippen molar-refractivity contribution in [1.82, 2.24) is 20.5 Å². The molecule has 164 valence electrons. The van der Waals surface area contributed by atoms with Crippen molar-refractivity contribution in [1.29, 1.82) is 0 Å². The van der Waals surface area contributed by atoms with Crippen molar-refractivity contribution < 1.29 is 9.59 Å². The van der Waals surface area contributed by atoms with Crippen LogP contribution in [0, 0.1) is 5.92 Å². The van der Waals surface area contributed by atoms with Gasteiger partial charge in [-0.15, -0.1) is 10.2 Å². The van der Waals surface area contributed by atoms with Crippen LogP contribution < -0.4 is 22.1 Å². The molecule has 0 radical (unpaired) electrons. The summed E-state index contributed by atoms with van der Waals surface area (Å²) >= 11 is 1.42. The van der Waals surface area contributed by atoms with Gasteiger partial charge in [0.15, 0.2) is 0 Å². The minimum Gasteiger partial charge on any atom is -0.402 e. The van der Waals surface area contributed by atoms with Gasteiger partial charge in [0, 0.05) is 30.4 Å². The first kappa shape index (κ1) is 22.4. The molecule has 9 nitrogen and oxygen atoms in total. The molecule has 1 aliphatic rings. The van der Waals surface area contributed by atoms with E-state index in [1.54, 1.807) is 18.3 Å². The van der Waals surface area contributed by atoms with E-state index in [0.717, 1.165) is 36.4 Å². The molecule has 0 spiro atoms. The highest BCUT2D eigenvalue weighted by Crippen LogP contribution is 2.41. The van der Waals surface area contributed by atoms with Crippen LogP contribution >= 0.6 is 11.3 Å². The first-order valence-corrected chi connectivity index (χ1v) is 10.9. The summed E-state index contributed by atoms with van der Waals surface area (Å²) in [6.07, 6.45) is 8.99. The van der Waals surface area contributed by atoms with Crippen LogP contribution in [-0.4, -0.2) is 27.0 Å². The van der Waals surface area contributed by atoms with Crippen molar-refractivity contribution in [3.8, 4) is 0 Å². The van der Waals surface area contributed by atoms with Crippen molar-refractivity contribution in [2.24, 2.45) is 17.4 Å². The summed E-state index contributed by atoms with van der Waals surface area (Å²) in [5.41, 5.74) is 13.2. The van der Waals surface area contributed by atoms with Gasteiger partial charge in [0.25, 0.3) is 0 Å². The fraction of sp³-hybridized carbons (Fsp3) is 0.381. The lowest BCUT2D eigenvalue weighted by atomic mass is 10.00. The normalized spacial score (nSPS) is 19.3. The van der Waals surface area contributed by atoms with E-state index >= 15 is 0 Å². The van der Waals surface area contributed by atoms with Gasteiger partial charge in [0.05, 0.1) is 6.42 Å². The number of carbonyl (C=O) groups is 2. The molecule has 2 amide bonds. The zero-order chi connectivity index (χ0) is 22.2. The highest BCUT2D eigenvalue weighted by atomic mass is 32.1. The van der Waals surface area contributed by atoms with Gasteiger partial charge in [0.2, 0.25) is 16.9 Å². The second-order valence-electron chi connectivity index (χ2n) is 7.62. The van der Waals surface area contributed by atoms with E-state index in [2.05, 4.69) is 25.8 Å². The maximum Gasteiger partial charge on any atom is 0.232 e. The van der Waals surface area contributed by atoms with Crippen LogP contribution in [0.1, 0.15) is 49.2 Å². The SMILES string of the molecule is CC(=O)N/C(N)=C/C=C(\N)C[C@@H]1CC[C@H](c2nnc(NC(=O)Cc3ccccn3)s2)C1. The third-order valence-electron chi connectivity index (χ3n) is 4.97. The van der Waals surface area contributed by atoms with E-state index < -0.39 is 0 Å². The number of amides is 2. The molecule has 0 bridgehead atoms. The quantitative estimate of drug-likeness (QED) is 0.459. The molecule has 0 aromatic carbocycles. The minimum atomic E-state index is -0.219. The molecule has 0 saturated heterocycles. The lowest BCUT2D eigenvalue weighted by molar-refractivity contribution is -0.118. The van der Waals surface area contributed by atoms with Gasteiger partial charge < -0.3 is 22.1 Å². The fourth-order valence-electron chi connectivity index (χ4n) is 3.61. The second-order valence-corrected chi connectivity index (χ2v) is 8.63. The van der Waals surface area contributed by atoms with Crippen molar-refractivity contribution >= 4 is 28.3 Å². The molecular weight excluding hydrogens is 414 g/mol. The molecule has 2 atom stereocenters. The number of anilines is 1. The van der Waals surface area contributed by atoms with Crippen LogP contribution in [0.15, 0.2) is 48.1 Å². The summed E-state index contributed by atoms with van der Waals surface area (Å²) in [6, 6.07) is 5.48. The monoisotopic (exact) mass is 441 g/mol. The predicted octanol–water partition coefficient (Wildman–Crippen LogP) is 2.17. The molecule has 2 aromatic rings. The number of nitrogens with one attached hydrogen (secondary N) is 2. The highest BCUT2D eigenvalue weighted by Gasteiger charge is 2.29. The van der Waals surface area contributed by atoms with Crippen LogP contribution in [0.2, 0.25) is 0 Å². The van der Waals surface area contributed by atoms with Crippen molar-refractivity contribution in [3.05, 3.63) is 58.8 Å². The van der Waals surface area contributed by atoms with Crippen LogP contribution in [0.25, 0.3) is 0 Å². The lowest BCUT2D eigenvalue weighted by Crippen LogP contribution is -2.24. The number of nitrogens with zero attached hydrogens (tertiary/aromatic N) is 3. The summed E-state index contributed by atoms with van der Waals surface area (Å²) < 4.78 is 0. The van der Waals surface area contributed by atoms with Gasteiger partial charge in [0.1, 0.15) is 10.8 Å². The van der Waals surface area contributed by atoms with Crippen molar-refractivity contribution in [2.75, 3.05) is 5.32 Å². The molecule has 2 aromatic heterocycles. The Labute approximate surface area is 185 Å². The van der Waals surface area contributed by atoms with Gasteiger partial charge in [-0.05, 0) is 55.9 Å². The van der Waals surface area contributed by atoms with Crippen molar-refractivity contribution in [3.63, 3.8) is 0 Å². The number of aromatic nitrogens is 3. The number of hydrogen-bond acceptors (Lipinski definition) is 8. The Morgan fingerprint density at radius 2 is 2.06 bits per heavy atom. The van der Waals surface area contributed by atoms with E-state index in [1.165, 1.54) is 18.3 Å². The Bertz CT molecular complexity index is 971. The fourth-order valence-corrected chi connectivity index (χ4v) is 4.52. The summed E-state index contributed by atoms with van der Waals surface area (Å²) in [6.45, 7) is 1.40. The first-order chi connectivity index (χ1) is 14.9. The Morgan fingerprint density at radius 3 is 2.81 bits per heavy atom. The molecule has 10 heteroatoms. The van der Waals surface area contributed by atoms with E-state index in [4.69, 9.17) is 11.5 Å². The number of nitrogens with two attached hydrogens (primary N) is 2. The molecule has 6 N–H and O–H groups in total. The average molecular weight is 442 g/mol. The third-order valence-corrected chi connectivity index (χ3v) is 5.97. The van der Waals surface area contributed by atoms with Crippen LogP contribution in [0.5, 0.6) is 0 Å². The number of hydrogen-bond donors (Lipinski definition) is 4. The van der Waals surface area contributed by atoms with Gasteiger partial charge in [-0.2, -0.15) is 0 Å². The molecule has 1 saturated carbocycles. The average Bonchev–Trinajstić information content (AvgIpc) is 3.36. The zero-order valence-electron chi connectivity index (χ0n) is 17.4. The Hall–Kier alpha value is -3.27. The van der Waals surface area contributed by atoms with Crippen LogP contribution in [-0.2, 0) is 16.0 Å². The van der Waals surface area contributed by atoms with E-state index in [-0.39, 0.29) is 24.1 Å². The Morgan fingerprint density at radius 1 is 1.23 bits per heavy atom. The first-order valence-electron chi connectivity index (χ1n) is 10.1. The molecular formula is C21H27N7O2S. The molecule has 1 fully saturated rings. The molecule has 3 rings (SSSR count). The van der Waals surface area contributed by atoms with E-state index in [9.17, 15) is 9.59 Å². The Kier molecular flexibility index (Phi) is 7.71. The van der Waals surface area contributed by atoms with E-state index in [0.29, 0.717) is 22.7 Å². The smallest absolute Gasteiger partial charge is 0.232 e. The van der Waals surface area contributed by atoms with E-state index in [1.807, 2.05) is 18.2 Å². The molecule has 31 heavy (non-hydrogen) atoms. The van der Waals surface area contributed by atoms with Gasteiger partial charge in [-0.1, -0.05) is 17.4 Å². The maximum absolute atomic E-state index is 12.2. The summed E-state index contributed by atoms with van der Waals surface area (Å²) in [5, 5.41) is 15.2. The predicted molar refractivity (Wildman–Crippen MR) is 120 cm³/mol. The van der Waals surface area contributed by atoms with Crippen LogP contribution in [0.4, 0.5) is 5.13 Å². The number of rotatable bonds is 8. The topological polar surface area (TPSA) is 149 Å². The van der Waals surface area contributed by atoms with Gasteiger partial charge >= 0.3 is 0 Å². The molecule has 2 heterocycles. The molecule has 0 aliphatic heterocycles. The zero-order valence-corrected chi connectivity index (χ0v) is 18.2. The highest BCUT2D eigenvalue weighted by molar-refractivity contribution is 7.15. The lowest BCUT2D eigenvalue weighted by Gasteiger charge is -2.09. The Balaban J connectivity index is 1.48. The van der Waals surface area contributed by atoms with Gasteiger partial charge in [-0.3, -0.25) is 14.6 Å². The maximum atomic E-state index is 12.2. The van der Waals surface area contributed by atoms with Crippen LogP contribution in [0.3, 0.4) is 0 Å². The standard InChI is InChI=1S/C21H27N7O2S/c1-13(29)25-18(23)8-7-16(22)11-14-5-6-15(10-14)20-27-28-21(31-20)26-19(30)12-17-4-2-3-9-24-17/h2-4,7-9,14-15H,5-6,10-12,22-23H2,1H3,(H,25,29)(H,26,28,30)/b16-7-,18-8+/t14-,15+/m1/s1. The number of carbonyl (C=O) groups excluding carboxylic acids is 2. The summed E-state index contributed by atoms with van der Waals surface area (Å²) in [4.78, 5) is 27.3. The van der Waals surface area contributed by atoms with Crippen molar-refractivity contribution in [2.45, 2.75) is 44.9 Å². The number of pyridine rings is 1. The summed E-state index contributed by atoms with van der Waals surface area (Å²) in [5.74, 6) is 0.657. The summed E-state index contributed by atoms with van der Waals surface area (Å²) in [7, 11) is 0. The minimum absolute atomic E-state index is 0.157. The largest absolute Gasteiger partial charge is 0.402 e. The molecule has 1 aliphatic carbocycles. The third kappa shape index (κ3) is 7.18. The van der Waals surface area contributed by atoms with Gasteiger partial charge in [-0.25, -0.2) is 0 Å². The molecule has 0 unspecified atom stereocenters.